The van der Waals surface area contributed by atoms with Gasteiger partial charge in [0.15, 0.2) is 0 Å². The molecule has 4 heterocycles. The molecule has 0 fully saturated rings. The summed E-state index contributed by atoms with van der Waals surface area (Å²) in [6, 6.07) is 8.86. The van der Waals surface area contributed by atoms with Crippen LogP contribution in [0.4, 0.5) is 0 Å². The molecule has 0 saturated heterocycles. The number of imidazole rings is 2. The third-order valence-corrected chi connectivity index (χ3v) is 5.02. The zero-order valence-corrected chi connectivity index (χ0v) is 16.4. The Morgan fingerprint density at radius 3 is 2.00 bits per heavy atom. The monoisotopic (exact) mass is 346 g/mol. The normalized spacial score (nSPS) is 13.0. The van der Waals surface area contributed by atoms with Crippen molar-refractivity contribution in [1.29, 1.82) is 0 Å². The Kier molecular flexibility index (Phi) is 3.52. The number of nitrogens with zero attached hydrogens (tertiary/aromatic N) is 4. The number of fused-ring (bicyclic) bond motifs is 2. The van der Waals surface area contributed by atoms with Crippen LogP contribution in [0.15, 0.2) is 49.3 Å². The number of rotatable bonds is 1. The summed E-state index contributed by atoms with van der Waals surface area (Å²) < 4.78 is 4.40. The summed E-state index contributed by atoms with van der Waals surface area (Å²) in [5.41, 5.74) is 7.26. The van der Waals surface area contributed by atoms with E-state index in [0.717, 1.165) is 16.7 Å². The van der Waals surface area contributed by atoms with Gasteiger partial charge in [-0.3, -0.25) is 4.40 Å². The summed E-state index contributed by atoms with van der Waals surface area (Å²) in [5, 5.41) is 0. The molecular formula is C22H26N4. The van der Waals surface area contributed by atoms with Gasteiger partial charge < -0.3 is 4.40 Å². The van der Waals surface area contributed by atoms with Crippen LogP contribution in [0.5, 0.6) is 0 Å². The minimum Gasteiger partial charge on any atom is -0.302 e. The van der Waals surface area contributed by atoms with Gasteiger partial charge in [-0.1, -0.05) is 47.6 Å². The molecule has 0 saturated carbocycles. The molecule has 0 N–H and O–H groups in total. The zero-order valence-electron chi connectivity index (χ0n) is 16.4. The molecular weight excluding hydrogens is 320 g/mol. The van der Waals surface area contributed by atoms with Crippen molar-refractivity contribution in [2.75, 3.05) is 0 Å². The quantitative estimate of drug-likeness (QED) is 0.472. The lowest BCUT2D eigenvalue weighted by Gasteiger charge is -2.23. The maximum Gasteiger partial charge on any atom is 0.0997 e. The summed E-state index contributed by atoms with van der Waals surface area (Å²) >= 11 is 0. The van der Waals surface area contributed by atoms with E-state index in [-0.39, 0.29) is 10.8 Å². The molecule has 0 unspecified atom stereocenters. The Hall–Kier alpha value is -2.62. The van der Waals surface area contributed by atoms with E-state index in [9.17, 15) is 0 Å². The molecule has 0 radical (unpaired) electrons. The second kappa shape index (κ2) is 5.44. The van der Waals surface area contributed by atoms with Crippen molar-refractivity contribution in [2.24, 2.45) is 0 Å². The van der Waals surface area contributed by atoms with Gasteiger partial charge in [0.25, 0.3) is 0 Å². The molecule has 0 aliphatic heterocycles. The molecule has 0 aromatic carbocycles. The predicted molar refractivity (Wildman–Crippen MR) is 107 cm³/mol. The number of hydrogen-bond acceptors (Lipinski definition) is 2. The summed E-state index contributed by atoms with van der Waals surface area (Å²) in [4.78, 5) is 8.85. The third kappa shape index (κ3) is 2.52. The molecule has 0 atom stereocenters. The van der Waals surface area contributed by atoms with E-state index in [0.29, 0.717) is 0 Å². The average Bonchev–Trinajstić information content (AvgIpc) is 3.20. The topological polar surface area (TPSA) is 34.6 Å². The van der Waals surface area contributed by atoms with Gasteiger partial charge in [-0.2, -0.15) is 0 Å². The van der Waals surface area contributed by atoms with E-state index < -0.39 is 0 Å². The second-order valence-electron chi connectivity index (χ2n) is 9.06. The Bertz CT molecular complexity index is 1010. The molecule has 0 amide bonds. The third-order valence-electron chi connectivity index (χ3n) is 5.02. The lowest BCUT2D eigenvalue weighted by atomic mass is 9.86. The van der Waals surface area contributed by atoms with Crippen LogP contribution in [0.1, 0.15) is 52.8 Å². The zero-order chi connectivity index (χ0) is 18.7. The smallest absolute Gasteiger partial charge is 0.0997 e. The molecule has 0 aliphatic carbocycles. The van der Waals surface area contributed by atoms with Crippen molar-refractivity contribution in [2.45, 2.75) is 52.4 Å². The molecule has 0 spiro atoms. The molecule has 134 valence electrons. The summed E-state index contributed by atoms with van der Waals surface area (Å²) in [5.74, 6) is 0. The van der Waals surface area contributed by atoms with Gasteiger partial charge >= 0.3 is 0 Å². The Labute approximate surface area is 154 Å². The largest absolute Gasteiger partial charge is 0.302 e. The van der Waals surface area contributed by atoms with Crippen LogP contribution in [-0.4, -0.2) is 18.8 Å². The van der Waals surface area contributed by atoms with E-state index in [4.69, 9.17) is 0 Å². The predicted octanol–water partition coefficient (Wildman–Crippen LogP) is 5.24. The standard InChI is InChI=1S/C22H26N4/c1-21(2,3)16-8-9-17(25-13-24-12-19(16)25)15-7-10-20(22(4,5)6)26-14-23-11-18(15)26/h7-14H,1-6H3. The highest BCUT2D eigenvalue weighted by Crippen LogP contribution is 2.34. The minimum absolute atomic E-state index is 0.0535. The Morgan fingerprint density at radius 2 is 1.35 bits per heavy atom. The highest BCUT2D eigenvalue weighted by Gasteiger charge is 2.22. The number of pyridine rings is 2. The van der Waals surface area contributed by atoms with Gasteiger partial charge in [-0.25, -0.2) is 9.97 Å². The van der Waals surface area contributed by atoms with E-state index >= 15 is 0 Å². The highest BCUT2D eigenvalue weighted by atomic mass is 15.0. The maximum atomic E-state index is 4.43. The van der Waals surface area contributed by atoms with Crippen LogP contribution in [-0.2, 0) is 10.8 Å². The van der Waals surface area contributed by atoms with Crippen molar-refractivity contribution < 1.29 is 0 Å². The van der Waals surface area contributed by atoms with Crippen LogP contribution in [0.3, 0.4) is 0 Å². The lowest BCUT2D eigenvalue weighted by molar-refractivity contribution is 0.560. The molecule has 4 heteroatoms. The summed E-state index contributed by atoms with van der Waals surface area (Å²) in [6.45, 7) is 13.4. The fourth-order valence-corrected chi connectivity index (χ4v) is 3.71. The van der Waals surface area contributed by atoms with Gasteiger partial charge in [0.2, 0.25) is 0 Å². The number of hydrogen-bond donors (Lipinski definition) is 0. The van der Waals surface area contributed by atoms with Crippen LogP contribution >= 0.6 is 0 Å². The van der Waals surface area contributed by atoms with Crippen molar-refractivity contribution in [3.8, 4) is 11.3 Å². The molecule has 26 heavy (non-hydrogen) atoms. The van der Waals surface area contributed by atoms with E-state index in [1.165, 1.54) is 16.8 Å². The molecule has 4 aromatic heterocycles. The molecule has 0 aliphatic rings. The SMILES string of the molecule is CC(C)(C)c1ccc(-c2ccc(C(C)(C)C)n3cncc23)n2cncc12. The van der Waals surface area contributed by atoms with Crippen molar-refractivity contribution >= 4 is 11.0 Å². The Morgan fingerprint density at radius 1 is 0.692 bits per heavy atom. The van der Waals surface area contributed by atoms with Gasteiger partial charge in [-0.05, 0) is 29.2 Å². The highest BCUT2D eigenvalue weighted by molar-refractivity contribution is 5.80. The first-order valence-electron chi connectivity index (χ1n) is 9.09. The maximum absolute atomic E-state index is 4.43. The summed E-state index contributed by atoms with van der Waals surface area (Å²) in [7, 11) is 0. The first-order chi connectivity index (χ1) is 12.2. The molecule has 4 rings (SSSR count). The van der Waals surface area contributed by atoms with Gasteiger partial charge in [-0.15, -0.1) is 0 Å². The number of aromatic nitrogens is 4. The van der Waals surface area contributed by atoms with Crippen LogP contribution in [0.25, 0.3) is 22.3 Å². The fourth-order valence-electron chi connectivity index (χ4n) is 3.71. The average molecular weight is 346 g/mol. The molecule has 0 bridgehead atoms. The first-order valence-corrected chi connectivity index (χ1v) is 9.09. The molecule has 4 nitrogen and oxygen atoms in total. The van der Waals surface area contributed by atoms with Gasteiger partial charge in [0.1, 0.15) is 0 Å². The fraction of sp³-hybridized carbons (Fsp3) is 0.364. The van der Waals surface area contributed by atoms with Crippen molar-refractivity contribution in [3.63, 3.8) is 0 Å². The van der Waals surface area contributed by atoms with E-state index in [1.807, 2.05) is 25.0 Å². The van der Waals surface area contributed by atoms with Crippen molar-refractivity contribution in [3.05, 3.63) is 60.6 Å². The van der Waals surface area contributed by atoms with E-state index in [1.54, 1.807) is 0 Å². The summed E-state index contributed by atoms with van der Waals surface area (Å²) in [6.07, 6.45) is 7.73. The first kappa shape index (κ1) is 16.8. The molecule has 4 aromatic rings. The lowest BCUT2D eigenvalue weighted by Crippen LogP contribution is -2.16. The van der Waals surface area contributed by atoms with Gasteiger partial charge in [0, 0.05) is 16.7 Å². The Balaban J connectivity index is 2.01. The van der Waals surface area contributed by atoms with E-state index in [2.05, 4.69) is 84.6 Å². The second-order valence-corrected chi connectivity index (χ2v) is 9.06. The van der Waals surface area contributed by atoms with Crippen LogP contribution in [0, 0.1) is 0 Å². The minimum atomic E-state index is 0.0535. The van der Waals surface area contributed by atoms with Gasteiger partial charge in [0.05, 0.1) is 41.8 Å². The van der Waals surface area contributed by atoms with Crippen LogP contribution < -0.4 is 0 Å². The van der Waals surface area contributed by atoms with Crippen molar-refractivity contribution in [1.82, 2.24) is 18.8 Å². The van der Waals surface area contributed by atoms with Crippen LogP contribution in [0.2, 0.25) is 0 Å².